The van der Waals surface area contributed by atoms with Crippen molar-refractivity contribution < 1.29 is 20.1 Å². The Bertz CT molecular complexity index is 249. The molecule has 0 amide bonds. The van der Waals surface area contributed by atoms with Crippen molar-refractivity contribution >= 4 is 5.97 Å². The summed E-state index contributed by atoms with van der Waals surface area (Å²) in [5.74, 6) is -0.663. The maximum atomic E-state index is 10.1. The molecule has 0 radical (unpaired) electrons. The van der Waals surface area contributed by atoms with E-state index in [0.29, 0.717) is 6.42 Å². The molecule has 0 saturated heterocycles. The Hall–Kier alpha value is -0.650. The highest BCUT2D eigenvalue weighted by Crippen LogP contribution is 2.08. The lowest BCUT2D eigenvalue weighted by Crippen LogP contribution is -2.40. The van der Waals surface area contributed by atoms with E-state index in [2.05, 4.69) is 13.8 Å². The van der Waals surface area contributed by atoms with Crippen molar-refractivity contribution in [2.45, 2.75) is 104 Å². The largest absolute Gasteiger partial charge is 0.481 e. The molecule has 23 heavy (non-hydrogen) atoms. The van der Waals surface area contributed by atoms with Crippen molar-refractivity contribution in [3.05, 3.63) is 0 Å². The lowest BCUT2D eigenvalue weighted by Gasteiger charge is -2.27. The van der Waals surface area contributed by atoms with Crippen LogP contribution in [0.3, 0.4) is 0 Å². The molecule has 5 heteroatoms. The highest BCUT2D eigenvalue weighted by molar-refractivity contribution is 5.66. The predicted molar refractivity (Wildman–Crippen MR) is 95.2 cm³/mol. The van der Waals surface area contributed by atoms with Gasteiger partial charge in [-0.2, -0.15) is 0 Å². The molecule has 0 aromatic rings. The first-order valence-corrected chi connectivity index (χ1v) is 9.20. The lowest BCUT2D eigenvalue weighted by atomic mass is 10.1. The molecule has 0 spiro atoms. The molecule has 0 fully saturated rings. The second kappa shape index (κ2) is 17.7. The predicted octanol–water partition coefficient (Wildman–Crippen LogP) is 3.98. The van der Waals surface area contributed by atoms with Crippen molar-refractivity contribution in [2.75, 3.05) is 6.54 Å². The van der Waals surface area contributed by atoms with Gasteiger partial charge in [0.05, 0.1) is 0 Å². The summed E-state index contributed by atoms with van der Waals surface area (Å²) < 4.78 is 0. The minimum absolute atomic E-state index is 0.341. The van der Waals surface area contributed by atoms with Gasteiger partial charge in [-0.25, -0.2) is 0 Å². The third kappa shape index (κ3) is 19.3. The van der Waals surface area contributed by atoms with Gasteiger partial charge in [-0.1, -0.05) is 58.8 Å². The number of aliphatic hydroxyl groups is 2. The fourth-order valence-electron chi connectivity index (χ4n) is 2.26. The monoisotopic (exact) mass is 333 g/mol. The number of carbonyl (C=O) groups is 1. The summed E-state index contributed by atoms with van der Waals surface area (Å²) >= 11 is 0. The van der Waals surface area contributed by atoms with E-state index in [9.17, 15) is 15.0 Å². The van der Waals surface area contributed by atoms with Crippen molar-refractivity contribution in [1.82, 2.24) is 4.90 Å². The summed E-state index contributed by atoms with van der Waals surface area (Å²) in [6.07, 6.45) is 9.62. The van der Waals surface area contributed by atoms with E-state index in [1.807, 2.05) is 0 Å². The Labute approximate surface area is 142 Å². The molecule has 2 atom stereocenters. The van der Waals surface area contributed by atoms with E-state index in [-0.39, 0.29) is 0 Å². The molecule has 0 rings (SSSR count). The number of aliphatic carboxylic acids is 1. The molecule has 0 aliphatic heterocycles. The molecule has 140 valence electrons. The zero-order valence-corrected chi connectivity index (χ0v) is 15.6. The van der Waals surface area contributed by atoms with E-state index < -0.39 is 18.4 Å². The highest BCUT2D eigenvalue weighted by atomic mass is 16.4. The summed E-state index contributed by atoms with van der Waals surface area (Å²) in [6.45, 7) is 8.38. The highest BCUT2D eigenvalue weighted by Gasteiger charge is 2.14. The Morgan fingerprint density at radius 1 is 0.826 bits per heavy atom. The SMILES string of the molecule is CCCCCCCCCC(=O)O.CCCCN(C(C)O)C(C)O. The third-order valence-electron chi connectivity index (χ3n) is 3.72. The first-order chi connectivity index (χ1) is 10.9. The Kier molecular flexibility index (Phi) is 18.9. The molecule has 0 aromatic carbocycles. The van der Waals surface area contributed by atoms with Gasteiger partial charge >= 0.3 is 5.97 Å². The molecule has 0 saturated carbocycles. The normalized spacial score (nSPS) is 13.3. The Balaban J connectivity index is 0. The van der Waals surface area contributed by atoms with Crippen LogP contribution in [0.5, 0.6) is 0 Å². The summed E-state index contributed by atoms with van der Waals surface area (Å²) in [5, 5.41) is 26.7. The quantitative estimate of drug-likeness (QED) is 0.351. The zero-order valence-electron chi connectivity index (χ0n) is 15.6. The minimum Gasteiger partial charge on any atom is -0.481 e. The number of aliphatic hydroxyl groups excluding tert-OH is 2. The van der Waals surface area contributed by atoms with Crippen LogP contribution in [0.15, 0.2) is 0 Å². The molecule has 0 bridgehead atoms. The van der Waals surface area contributed by atoms with Gasteiger partial charge < -0.3 is 15.3 Å². The van der Waals surface area contributed by atoms with E-state index in [4.69, 9.17) is 5.11 Å². The number of hydrogen-bond donors (Lipinski definition) is 3. The maximum absolute atomic E-state index is 10.1. The molecular formula is C18H39NO4. The van der Waals surface area contributed by atoms with Crippen LogP contribution in [0.1, 0.15) is 91.9 Å². The molecular weight excluding hydrogens is 294 g/mol. The number of carboxylic acid groups (broad SMARTS) is 1. The number of rotatable bonds is 13. The zero-order chi connectivity index (χ0) is 18.1. The molecule has 0 aliphatic carbocycles. The summed E-state index contributed by atoms with van der Waals surface area (Å²) in [5.41, 5.74) is 0. The number of hydrogen-bond acceptors (Lipinski definition) is 4. The topological polar surface area (TPSA) is 81.0 Å². The van der Waals surface area contributed by atoms with Crippen molar-refractivity contribution in [2.24, 2.45) is 0 Å². The van der Waals surface area contributed by atoms with Crippen LogP contribution in [-0.2, 0) is 4.79 Å². The van der Waals surface area contributed by atoms with Crippen LogP contribution in [-0.4, -0.2) is 45.2 Å². The van der Waals surface area contributed by atoms with Crippen LogP contribution < -0.4 is 0 Å². The molecule has 0 heterocycles. The van der Waals surface area contributed by atoms with Gasteiger partial charge in [-0.15, -0.1) is 0 Å². The summed E-state index contributed by atoms with van der Waals surface area (Å²) in [7, 11) is 0. The Morgan fingerprint density at radius 2 is 1.26 bits per heavy atom. The van der Waals surface area contributed by atoms with E-state index in [1.165, 1.54) is 32.1 Å². The first kappa shape index (κ1) is 24.6. The van der Waals surface area contributed by atoms with Gasteiger partial charge in [-0.3, -0.25) is 9.69 Å². The van der Waals surface area contributed by atoms with Crippen LogP contribution in [0.4, 0.5) is 0 Å². The maximum Gasteiger partial charge on any atom is 0.303 e. The van der Waals surface area contributed by atoms with Gasteiger partial charge in [0.2, 0.25) is 0 Å². The average Bonchev–Trinajstić information content (AvgIpc) is 2.46. The molecule has 0 aliphatic rings. The summed E-state index contributed by atoms with van der Waals surface area (Å²) in [4.78, 5) is 11.8. The standard InChI is InChI=1S/C10H20O2.C8H19NO2/c1-2-3-4-5-6-7-8-9-10(11)12;1-4-5-6-9(7(2)10)8(3)11/h2-9H2,1H3,(H,11,12);7-8,10-11H,4-6H2,1-3H3. The second-order valence-corrected chi connectivity index (χ2v) is 6.12. The Morgan fingerprint density at radius 3 is 1.65 bits per heavy atom. The molecule has 0 aromatic heterocycles. The second-order valence-electron chi connectivity index (χ2n) is 6.12. The van der Waals surface area contributed by atoms with Crippen LogP contribution in [0, 0.1) is 0 Å². The van der Waals surface area contributed by atoms with E-state index in [1.54, 1.807) is 18.7 Å². The third-order valence-corrected chi connectivity index (χ3v) is 3.72. The van der Waals surface area contributed by atoms with E-state index >= 15 is 0 Å². The van der Waals surface area contributed by atoms with Crippen molar-refractivity contribution in [3.8, 4) is 0 Å². The van der Waals surface area contributed by atoms with Crippen LogP contribution in [0.25, 0.3) is 0 Å². The van der Waals surface area contributed by atoms with Crippen LogP contribution in [0.2, 0.25) is 0 Å². The van der Waals surface area contributed by atoms with Gasteiger partial charge in [-0.05, 0) is 26.7 Å². The molecule has 2 unspecified atom stereocenters. The molecule has 5 nitrogen and oxygen atoms in total. The summed E-state index contributed by atoms with van der Waals surface area (Å²) in [6, 6.07) is 0. The van der Waals surface area contributed by atoms with Gasteiger partial charge in [0, 0.05) is 13.0 Å². The van der Waals surface area contributed by atoms with Crippen LogP contribution >= 0.6 is 0 Å². The van der Waals surface area contributed by atoms with Crippen molar-refractivity contribution in [3.63, 3.8) is 0 Å². The number of unbranched alkanes of at least 4 members (excludes halogenated alkanes) is 7. The first-order valence-electron chi connectivity index (χ1n) is 9.20. The molecule has 3 N–H and O–H groups in total. The van der Waals surface area contributed by atoms with Crippen molar-refractivity contribution in [1.29, 1.82) is 0 Å². The van der Waals surface area contributed by atoms with Gasteiger partial charge in [0.1, 0.15) is 12.5 Å². The van der Waals surface area contributed by atoms with Gasteiger partial charge in [0.15, 0.2) is 0 Å². The fraction of sp³-hybridized carbons (Fsp3) is 0.944. The minimum atomic E-state index is -0.663. The average molecular weight is 334 g/mol. The van der Waals surface area contributed by atoms with E-state index in [0.717, 1.165) is 32.2 Å². The smallest absolute Gasteiger partial charge is 0.303 e. The lowest BCUT2D eigenvalue weighted by molar-refractivity contribution is -0.137. The number of nitrogens with zero attached hydrogens (tertiary/aromatic N) is 1. The van der Waals surface area contributed by atoms with Gasteiger partial charge in [0.25, 0.3) is 0 Å². The number of carboxylic acids is 1. The fourth-order valence-corrected chi connectivity index (χ4v) is 2.26.